The van der Waals surface area contributed by atoms with Gasteiger partial charge in [-0.2, -0.15) is 23.4 Å². The number of hydrogen-bond acceptors (Lipinski definition) is 17. The first-order valence-electron chi connectivity index (χ1n) is 48.4. The van der Waals surface area contributed by atoms with Crippen LogP contribution in [-0.2, 0) is 84.9 Å². The quantitative estimate of drug-likeness (QED) is 0.0219. The van der Waals surface area contributed by atoms with Gasteiger partial charge in [0.1, 0.15) is 42.8 Å². The lowest BCUT2D eigenvalue weighted by Gasteiger charge is -2.49. The number of nitriles is 2. The van der Waals surface area contributed by atoms with Gasteiger partial charge in [-0.1, -0.05) is 127 Å². The van der Waals surface area contributed by atoms with Crippen LogP contribution >= 0.6 is 11.6 Å². The molecule has 12 aromatic heterocycles. The maximum atomic E-state index is 12.3. The van der Waals surface area contributed by atoms with Crippen LogP contribution < -0.4 is 5.46 Å². The second-order valence-corrected chi connectivity index (χ2v) is 72.1. The maximum Gasteiger partial charge on any atom is 0.496 e. The SMILES string of the molecule is C.C.CC(C)[Si](C(C)C)(C(C)C)n1ccc(B2OC(C)(C)C(C)(C)O2)c1.[C-]#[N+]C=C1CN(S(=O)(=O)CC)C1.[C-]#[N+]c1cnc2[nH]ccc2c1-c1ccn(C2(CC#N)CN(S(=O)(=O)CC)C2)c1.[C-]#[N+]c1cnc2c(ccn2COCC[Si](C)(C)C)c1-c1cc[nH]c1.[C-]#[N+]c1cnc2c(ccn2COCC[Si](C)(C)C)c1-c1ccn(C2(CC#N)CN(S(=O)(=O)CC)C2)c1.[C-]#[N+]c1cnc2c(ccn2COCC[Si](C)(C)C)c1Cl. The third kappa shape index (κ3) is 26.9. The number of ether oxygens (including phenoxy) is 3. The van der Waals surface area contributed by atoms with Crippen LogP contribution in [-0.4, -0.2) is 222 Å². The minimum atomic E-state index is -3.31. The van der Waals surface area contributed by atoms with Crippen molar-refractivity contribution in [2.45, 2.75) is 254 Å². The molecule has 0 amide bonds. The molecule has 33 nitrogen and oxygen atoms in total. The largest absolute Gasteiger partial charge is 0.496 e. The van der Waals surface area contributed by atoms with E-state index in [1.165, 1.54) is 25.3 Å². The summed E-state index contributed by atoms with van der Waals surface area (Å²) in [7, 11) is -14.9. The summed E-state index contributed by atoms with van der Waals surface area (Å²) in [6.07, 6.45) is 31.6. The molecule has 146 heavy (non-hydrogen) atoms. The van der Waals surface area contributed by atoms with Crippen molar-refractivity contribution in [1.82, 2.24) is 69.9 Å². The van der Waals surface area contributed by atoms with Gasteiger partial charge in [-0.05, 0) is 172 Å². The summed E-state index contributed by atoms with van der Waals surface area (Å²) in [5.41, 5.74) is 12.4. The van der Waals surface area contributed by atoms with E-state index >= 15 is 0 Å². The lowest BCUT2D eigenvalue weighted by molar-refractivity contribution is 0.00578. The minimum Gasteiger partial charge on any atom is -0.399 e. The van der Waals surface area contributed by atoms with Crippen molar-refractivity contribution in [1.29, 1.82) is 10.5 Å². The third-order valence-corrected chi connectivity index (χ3v) is 44.9. The minimum absolute atomic E-state index is 0. The highest BCUT2D eigenvalue weighted by molar-refractivity contribution is 7.89. The molecule has 42 heteroatoms. The van der Waals surface area contributed by atoms with Gasteiger partial charge in [0, 0.05) is 208 Å². The average molecular weight is 2130 g/mol. The molecule has 16 heterocycles. The van der Waals surface area contributed by atoms with E-state index in [2.05, 4.69) is 217 Å². The molecule has 0 saturated carbocycles. The molecule has 0 atom stereocenters. The molecule has 4 aliphatic rings. The number of hydrogen-bond donors (Lipinski definition) is 2. The Labute approximate surface area is 873 Å². The predicted octanol–water partition coefficient (Wildman–Crippen LogP) is 23.5. The standard InChI is InChI=1S/C25H32N6O3SSi.C19H36BNO2Si.C19H18N6O2S.C18H22N4OSi.C14H18ClN3OSi.C7H10N2O2S.2CH4/c1-6-35(32,33)31-17-25(18-31,9-10-26)30-12-7-20(16-30)23-21-8-11-29(19-34-13-14-36(3,4)5)24(21)28-15-22(23)27-2;1-14(2)24(15(3)4,16(5)6)21-12-11-17(13-21)20-22-18(7,8)19(9,10)23-20;1-3-28(26,27)25-12-19(13-25,6-7-20)24-9-5-14(11-24)17-15-4-8-22-18(15)23-10-16(17)21-2;1-19-16-12-21-18-15(17(16)14-5-7-20-11-14)6-8-22(18)13-23-9-10-24(2,3)4;1-16-12-9-17-14-11(13(12)15)5-6-18(14)10-19-7-8-20(2,3)4;1-3-12(10,11)9-5-7(6-9)4-8-2;;/h7-8,11-12,15-16H,6,9,13-14,17-19H2,1,3-5H3;11-16H,1-10H3;4-5,8-11H,3,6,12-13H2,1H3,(H,22,23);5-8,11-12,20H,9-10,13H2,2-4H3;5-6,9H,7-8,10H2,2-4H3;4H,3,5-6H2,1H3;2*1H4. The molecule has 0 bridgehead atoms. The number of halogens is 1. The Morgan fingerprint density at radius 3 is 1.26 bits per heavy atom. The lowest BCUT2D eigenvalue weighted by Crippen LogP contribution is -2.63. The van der Waals surface area contributed by atoms with Crippen LogP contribution in [0.5, 0.6) is 0 Å². The van der Waals surface area contributed by atoms with E-state index < -0.39 is 73.6 Å². The molecule has 2 N–H and O–H groups in total. The van der Waals surface area contributed by atoms with E-state index in [1.807, 2.05) is 121 Å². The highest BCUT2D eigenvalue weighted by Gasteiger charge is 2.54. The fourth-order valence-corrected chi connectivity index (χ4v) is 30.9. The first-order valence-corrected chi connectivity index (χ1v) is 66.9. The molecule has 0 unspecified atom stereocenters. The van der Waals surface area contributed by atoms with Gasteiger partial charge in [0.15, 0.2) is 14.4 Å². The molecule has 16 rings (SSSR count). The van der Waals surface area contributed by atoms with Gasteiger partial charge in [-0.15, -0.1) is 0 Å². The van der Waals surface area contributed by atoms with Gasteiger partial charge in [0.2, 0.25) is 52.8 Å². The van der Waals surface area contributed by atoms with Crippen molar-refractivity contribution in [2.75, 3.05) is 76.3 Å². The van der Waals surface area contributed by atoms with Crippen molar-refractivity contribution in [2.24, 2.45) is 0 Å². The number of rotatable bonds is 33. The Bertz CT molecular complexity index is 7220. The van der Waals surface area contributed by atoms with Crippen molar-refractivity contribution in [3.05, 3.63) is 222 Å². The highest BCUT2D eigenvalue weighted by atomic mass is 35.5. The van der Waals surface area contributed by atoms with Crippen LogP contribution in [0.3, 0.4) is 0 Å². The summed E-state index contributed by atoms with van der Waals surface area (Å²) >= 11 is 6.17. The summed E-state index contributed by atoms with van der Waals surface area (Å²) in [5, 5.41) is 22.7. The highest BCUT2D eigenvalue weighted by Crippen LogP contribution is 2.47. The summed E-state index contributed by atoms with van der Waals surface area (Å²) in [5.74, 6) is 0.219. The molecule has 0 spiro atoms. The van der Waals surface area contributed by atoms with E-state index in [0.29, 0.717) is 89.9 Å². The molecular formula is C104H144BClN22O11S3Si4. The zero-order chi connectivity index (χ0) is 106. The van der Waals surface area contributed by atoms with Crippen LogP contribution in [0.1, 0.15) is 118 Å². The van der Waals surface area contributed by atoms with Gasteiger partial charge in [-0.3, -0.25) is 4.98 Å². The van der Waals surface area contributed by atoms with Crippen LogP contribution in [0.2, 0.25) is 98.7 Å². The van der Waals surface area contributed by atoms with Crippen LogP contribution in [0.15, 0.2) is 159 Å². The van der Waals surface area contributed by atoms with Crippen LogP contribution in [0.25, 0.3) is 102 Å². The Hall–Kier alpha value is -11.2. The Morgan fingerprint density at radius 1 is 0.500 bits per heavy atom. The van der Waals surface area contributed by atoms with Crippen LogP contribution in [0.4, 0.5) is 22.7 Å². The number of aromatic amines is 2. The van der Waals surface area contributed by atoms with Gasteiger partial charge in [-0.25, -0.2) is 64.4 Å². The van der Waals surface area contributed by atoms with Crippen molar-refractivity contribution < 1.29 is 48.8 Å². The Balaban J connectivity index is 0.000000199. The zero-order valence-electron chi connectivity index (χ0n) is 86.9. The molecular weight excluding hydrogens is 1990 g/mol. The molecule has 0 aromatic carbocycles. The molecule has 0 aliphatic carbocycles. The second-order valence-electron chi connectivity index (χ2n) is 42.4. The maximum absolute atomic E-state index is 12.3. The molecule has 4 fully saturated rings. The fourth-order valence-electron chi connectivity index (χ4n) is 18.3. The van der Waals surface area contributed by atoms with Gasteiger partial charge in [0.25, 0.3) is 0 Å². The summed E-state index contributed by atoms with van der Waals surface area (Å²) in [6.45, 7) is 90.2. The molecule has 780 valence electrons. The predicted molar refractivity (Wildman–Crippen MR) is 599 cm³/mol. The van der Waals surface area contributed by atoms with Gasteiger partial charge in [0.05, 0.1) is 102 Å². The second kappa shape index (κ2) is 48.8. The van der Waals surface area contributed by atoms with Gasteiger partial charge < -0.3 is 60.6 Å². The van der Waals surface area contributed by atoms with E-state index in [9.17, 15) is 35.8 Å². The summed E-state index contributed by atoms with van der Waals surface area (Å²) in [6, 6.07) is 23.5. The Morgan fingerprint density at radius 2 is 0.884 bits per heavy atom. The molecule has 4 saturated heterocycles. The van der Waals surface area contributed by atoms with E-state index in [1.54, 1.807) is 45.6 Å². The lowest BCUT2D eigenvalue weighted by atomic mass is 9.81. The topological polar surface area (TPSA) is 340 Å². The Kier molecular flexibility index (Phi) is 39.6. The van der Waals surface area contributed by atoms with Crippen molar-refractivity contribution in [3.8, 4) is 45.5 Å². The first-order chi connectivity index (χ1) is 67.8. The number of sulfonamides is 3. The summed E-state index contributed by atoms with van der Waals surface area (Å²) < 4.78 is 118. The average Bonchev–Trinajstić information content (AvgIpc) is 1.75. The number of H-pyrrole nitrogens is 2. The van der Waals surface area contributed by atoms with E-state index in [0.717, 1.165) is 114 Å². The smallest absolute Gasteiger partial charge is 0.399 e. The van der Waals surface area contributed by atoms with E-state index in [-0.39, 0.29) is 89.5 Å². The third-order valence-electron chi connectivity index (χ3n) is 27.4. The monoisotopic (exact) mass is 2130 g/mol. The number of pyridine rings is 4. The summed E-state index contributed by atoms with van der Waals surface area (Å²) in [4.78, 5) is 41.0. The zero-order valence-corrected chi connectivity index (χ0v) is 94.1. The normalized spacial score (nSPS) is 15.5. The van der Waals surface area contributed by atoms with Gasteiger partial charge >= 0.3 is 7.12 Å². The number of aromatic nitrogens is 12. The molecule has 12 aromatic rings. The van der Waals surface area contributed by atoms with Crippen molar-refractivity contribution in [3.63, 3.8) is 0 Å². The van der Waals surface area contributed by atoms with E-state index in [4.69, 9.17) is 68.0 Å². The van der Waals surface area contributed by atoms with Crippen LogP contribution in [0, 0.1) is 55.5 Å². The van der Waals surface area contributed by atoms with Crippen molar-refractivity contribution >= 4 is 154 Å². The fraction of sp³-hybridized carbons (Fsp3) is 0.490. The number of fused-ring (bicyclic) bond motifs is 4. The number of nitrogens with zero attached hydrogens (tertiary/aromatic N) is 20. The molecule has 0 radical (unpaired) electrons. The molecule has 4 aliphatic heterocycles. The first kappa shape index (κ1) is 118. The number of nitrogens with one attached hydrogen (secondary N) is 2.